The van der Waals surface area contributed by atoms with E-state index in [-0.39, 0.29) is 0 Å². The predicted molar refractivity (Wildman–Crippen MR) is 219 cm³/mol. The minimum Gasteiger partial charge on any atom is -0.456 e. The van der Waals surface area contributed by atoms with E-state index in [2.05, 4.69) is 152 Å². The van der Waals surface area contributed by atoms with Crippen molar-refractivity contribution in [3.05, 3.63) is 176 Å². The van der Waals surface area contributed by atoms with Crippen molar-refractivity contribution in [3.63, 3.8) is 0 Å². The maximum absolute atomic E-state index is 6.31. The fourth-order valence-electron chi connectivity index (χ4n) is 7.98. The number of fused-ring (bicyclic) bond motifs is 9. The summed E-state index contributed by atoms with van der Waals surface area (Å²) < 4.78 is 6.31. The fourth-order valence-corrected chi connectivity index (χ4v) is 7.98. The minimum atomic E-state index is 0.589. The van der Waals surface area contributed by atoms with Crippen LogP contribution in [0.3, 0.4) is 0 Å². The van der Waals surface area contributed by atoms with Crippen LogP contribution in [0.15, 0.2) is 180 Å². The number of nitrogens with zero attached hydrogens (tertiary/aromatic N) is 3. The molecule has 53 heavy (non-hydrogen) atoms. The molecule has 0 saturated carbocycles. The van der Waals surface area contributed by atoms with Gasteiger partial charge in [-0.3, -0.25) is 0 Å². The highest BCUT2D eigenvalue weighted by molar-refractivity contribution is 6.15. The van der Waals surface area contributed by atoms with Crippen LogP contribution < -0.4 is 0 Å². The van der Waals surface area contributed by atoms with Gasteiger partial charge in [0.25, 0.3) is 0 Å². The average molecular weight is 676 g/mol. The van der Waals surface area contributed by atoms with Gasteiger partial charge in [0.1, 0.15) is 11.2 Å². The van der Waals surface area contributed by atoms with Crippen molar-refractivity contribution in [2.75, 3.05) is 0 Å². The van der Waals surface area contributed by atoms with E-state index < -0.39 is 0 Å². The van der Waals surface area contributed by atoms with Gasteiger partial charge < -0.3 is 4.42 Å². The molecule has 4 nitrogen and oxygen atoms in total. The van der Waals surface area contributed by atoms with Gasteiger partial charge in [-0.25, -0.2) is 15.0 Å². The molecule has 0 aliphatic rings. The van der Waals surface area contributed by atoms with E-state index in [9.17, 15) is 0 Å². The van der Waals surface area contributed by atoms with Gasteiger partial charge in [0, 0.05) is 27.5 Å². The summed E-state index contributed by atoms with van der Waals surface area (Å²) in [5.74, 6) is 1.82. The zero-order chi connectivity index (χ0) is 34.9. The van der Waals surface area contributed by atoms with E-state index >= 15 is 0 Å². The van der Waals surface area contributed by atoms with Crippen LogP contribution in [-0.2, 0) is 0 Å². The number of rotatable bonds is 4. The summed E-state index contributed by atoms with van der Waals surface area (Å²) in [4.78, 5) is 15.6. The smallest absolute Gasteiger partial charge is 0.164 e. The number of para-hydroxylation sites is 1. The minimum absolute atomic E-state index is 0.589. The Morgan fingerprint density at radius 3 is 1.77 bits per heavy atom. The van der Waals surface area contributed by atoms with Crippen LogP contribution in [0.4, 0.5) is 0 Å². The highest BCUT2D eigenvalue weighted by Crippen LogP contribution is 2.38. The van der Waals surface area contributed by atoms with Gasteiger partial charge in [0.2, 0.25) is 0 Å². The lowest BCUT2D eigenvalue weighted by Gasteiger charge is -2.13. The van der Waals surface area contributed by atoms with Crippen molar-refractivity contribution in [2.24, 2.45) is 0 Å². The molecule has 0 saturated heterocycles. The summed E-state index contributed by atoms with van der Waals surface area (Å²) in [5, 5.41) is 11.7. The third kappa shape index (κ3) is 4.80. The van der Waals surface area contributed by atoms with Crippen LogP contribution in [0.2, 0.25) is 0 Å². The van der Waals surface area contributed by atoms with Gasteiger partial charge in [-0.2, -0.15) is 0 Å². The maximum Gasteiger partial charge on any atom is 0.164 e. The first-order valence-corrected chi connectivity index (χ1v) is 17.9. The van der Waals surface area contributed by atoms with Crippen LogP contribution in [0.5, 0.6) is 0 Å². The topological polar surface area (TPSA) is 51.8 Å². The average Bonchev–Trinajstić information content (AvgIpc) is 3.61. The van der Waals surface area contributed by atoms with Crippen molar-refractivity contribution in [2.45, 2.75) is 0 Å². The van der Waals surface area contributed by atoms with E-state index in [1.54, 1.807) is 0 Å². The van der Waals surface area contributed by atoms with Gasteiger partial charge >= 0.3 is 0 Å². The zero-order valence-corrected chi connectivity index (χ0v) is 28.5. The van der Waals surface area contributed by atoms with Crippen molar-refractivity contribution in [1.29, 1.82) is 0 Å². The molecule has 0 fully saturated rings. The fraction of sp³-hybridized carbons (Fsp3) is 0. The van der Waals surface area contributed by atoms with Crippen LogP contribution in [0.1, 0.15) is 0 Å². The first-order chi connectivity index (χ1) is 26.2. The maximum atomic E-state index is 6.31. The lowest BCUT2D eigenvalue weighted by molar-refractivity contribution is 0.669. The molecule has 0 radical (unpaired) electrons. The summed E-state index contributed by atoms with van der Waals surface area (Å²) in [6.45, 7) is 0. The molecule has 0 spiro atoms. The molecule has 11 aromatic rings. The molecular weight excluding hydrogens is 647 g/mol. The Kier molecular flexibility index (Phi) is 6.52. The SMILES string of the molecule is c1cc(-c2nc(-c3ccc4c(c3)oc3ccccc34)nc(-c3cc4ccccc4c4ccccc34)n2)cc(-c2cccc3ccc4ccccc4c23)c1. The molecular formula is C49H29N3O. The zero-order valence-electron chi connectivity index (χ0n) is 28.5. The lowest BCUT2D eigenvalue weighted by atomic mass is 9.93. The summed E-state index contributed by atoms with van der Waals surface area (Å²) in [5.41, 5.74) is 6.68. The molecule has 0 unspecified atom stereocenters. The summed E-state index contributed by atoms with van der Waals surface area (Å²) in [6.07, 6.45) is 0. The molecule has 4 heteroatoms. The van der Waals surface area contributed by atoms with Crippen LogP contribution in [0.25, 0.3) is 110 Å². The van der Waals surface area contributed by atoms with Crippen LogP contribution in [0, 0.1) is 0 Å². The number of hydrogen-bond donors (Lipinski definition) is 0. The van der Waals surface area contributed by atoms with Gasteiger partial charge in [-0.15, -0.1) is 0 Å². The van der Waals surface area contributed by atoms with Gasteiger partial charge in [0.15, 0.2) is 17.5 Å². The Balaban J connectivity index is 1.15. The molecule has 0 amide bonds. The third-order valence-electron chi connectivity index (χ3n) is 10.5. The second kappa shape index (κ2) is 11.7. The summed E-state index contributed by atoms with van der Waals surface area (Å²) >= 11 is 0. The lowest BCUT2D eigenvalue weighted by Crippen LogP contribution is -2.01. The van der Waals surface area contributed by atoms with Gasteiger partial charge in [-0.1, -0.05) is 146 Å². The normalized spacial score (nSPS) is 11.8. The van der Waals surface area contributed by atoms with Crippen LogP contribution in [-0.4, -0.2) is 15.0 Å². The highest BCUT2D eigenvalue weighted by Gasteiger charge is 2.18. The molecule has 2 aromatic heterocycles. The number of hydrogen-bond acceptors (Lipinski definition) is 4. The monoisotopic (exact) mass is 675 g/mol. The first-order valence-electron chi connectivity index (χ1n) is 17.9. The second-order valence-corrected chi connectivity index (χ2v) is 13.6. The van der Waals surface area contributed by atoms with Crippen LogP contribution >= 0.6 is 0 Å². The van der Waals surface area contributed by atoms with Gasteiger partial charge in [0.05, 0.1) is 0 Å². The largest absolute Gasteiger partial charge is 0.456 e. The van der Waals surface area contributed by atoms with E-state index in [1.165, 1.54) is 32.5 Å². The van der Waals surface area contributed by atoms with Crippen molar-refractivity contribution in [3.8, 4) is 45.3 Å². The molecule has 246 valence electrons. The summed E-state index contributed by atoms with van der Waals surface area (Å²) in [6, 6.07) is 61.7. The van der Waals surface area contributed by atoms with Crippen molar-refractivity contribution >= 4 is 65.0 Å². The molecule has 0 atom stereocenters. The van der Waals surface area contributed by atoms with Gasteiger partial charge in [-0.05, 0) is 84.5 Å². The Labute approximate surface area is 304 Å². The van der Waals surface area contributed by atoms with E-state index in [1.807, 2.05) is 24.3 Å². The van der Waals surface area contributed by atoms with E-state index in [0.29, 0.717) is 17.5 Å². The Bertz CT molecular complexity index is 3250. The number of aromatic nitrogens is 3. The number of benzene rings is 9. The van der Waals surface area contributed by atoms with E-state index in [4.69, 9.17) is 19.4 Å². The standard InChI is InChI=1S/C49H29N3O/c1-4-17-37-30(11-1)23-24-31-13-10-21-38(46(31)37)32-14-9-15-34(27-32)47-50-48(35-25-26-42-41-20-7-8-22-44(41)53-45(42)29-35)52-49(51-47)43-28-33-12-2-3-16-36(33)39-18-5-6-19-40(39)43/h1-29H. The predicted octanol–water partition coefficient (Wildman–Crippen LogP) is 13.1. The Hall–Kier alpha value is -7.17. The molecule has 0 aliphatic heterocycles. The second-order valence-electron chi connectivity index (χ2n) is 13.6. The molecule has 0 N–H and O–H groups in total. The molecule has 11 rings (SSSR count). The molecule has 0 bridgehead atoms. The van der Waals surface area contributed by atoms with E-state index in [0.717, 1.165) is 60.4 Å². The Morgan fingerprint density at radius 1 is 0.302 bits per heavy atom. The van der Waals surface area contributed by atoms with Crippen molar-refractivity contribution < 1.29 is 4.42 Å². The molecule has 2 heterocycles. The first kappa shape index (κ1) is 29.5. The summed E-state index contributed by atoms with van der Waals surface area (Å²) in [7, 11) is 0. The van der Waals surface area contributed by atoms with Crippen molar-refractivity contribution in [1.82, 2.24) is 15.0 Å². The number of furan rings is 1. The Morgan fingerprint density at radius 2 is 0.906 bits per heavy atom. The molecule has 0 aliphatic carbocycles. The third-order valence-corrected chi connectivity index (χ3v) is 10.5. The highest BCUT2D eigenvalue weighted by atomic mass is 16.3. The molecule has 9 aromatic carbocycles. The quantitative estimate of drug-likeness (QED) is 0.174.